The first-order chi connectivity index (χ1) is 9.16. The highest BCUT2D eigenvalue weighted by atomic mass is 28.4. The molecule has 3 heteroatoms. The monoisotopic (exact) mass is 268 g/mol. The van der Waals surface area contributed by atoms with Gasteiger partial charge < -0.3 is 9.59 Å². The summed E-state index contributed by atoms with van der Waals surface area (Å²) >= 11 is 0. The van der Waals surface area contributed by atoms with Gasteiger partial charge in [0.1, 0.15) is 0 Å². The molecule has 19 heavy (non-hydrogen) atoms. The van der Waals surface area contributed by atoms with Gasteiger partial charge in [-0.3, -0.25) is 0 Å². The molecule has 2 rings (SSSR count). The topological polar surface area (TPSA) is 40.5 Å². The lowest BCUT2D eigenvalue weighted by molar-refractivity contribution is 0.398. The van der Waals surface area contributed by atoms with Gasteiger partial charge >= 0.3 is 8.56 Å². The predicted octanol–water partition coefficient (Wildman–Crippen LogP) is 2.92. The van der Waals surface area contributed by atoms with Crippen molar-refractivity contribution in [3.05, 3.63) is 83.2 Å². The molecule has 0 fully saturated rings. The fourth-order valence-electron chi connectivity index (χ4n) is 1.62. The molecule has 0 unspecified atom stereocenters. The largest absolute Gasteiger partial charge is 0.405 e. The van der Waals surface area contributed by atoms with E-state index < -0.39 is 8.56 Å². The Morgan fingerprint density at radius 3 is 1.37 bits per heavy atom. The molecule has 0 aliphatic rings. The summed E-state index contributed by atoms with van der Waals surface area (Å²) in [6.07, 6.45) is 3.48. The van der Waals surface area contributed by atoms with Gasteiger partial charge in [-0.05, 0) is 22.5 Å². The SMILES string of the molecule is O[Si](O)(C=Cc1ccccc1)C=Cc1ccccc1. The first-order valence-electron chi connectivity index (χ1n) is 6.09. The second-order valence-corrected chi connectivity index (χ2v) is 6.50. The van der Waals surface area contributed by atoms with E-state index in [1.807, 2.05) is 60.7 Å². The van der Waals surface area contributed by atoms with Crippen LogP contribution in [0.1, 0.15) is 11.1 Å². The number of benzene rings is 2. The first-order valence-corrected chi connectivity index (χ1v) is 8.14. The van der Waals surface area contributed by atoms with E-state index in [4.69, 9.17) is 0 Å². The molecule has 0 heterocycles. The first kappa shape index (κ1) is 13.5. The minimum Gasteiger partial charge on any atom is -0.405 e. The Labute approximate surface area is 114 Å². The Bertz CT molecular complexity index is 508. The fraction of sp³-hybridized carbons (Fsp3) is 0. The zero-order valence-electron chi connectivity index (χ0n) is 10.5. The molecule has 2 aromatic rings. The van der Waals surface area contributed by atoms with Crippen molar-refractivity contribution in [2.45, 2.75) is 0 Å². The predicted molar refractivity (Wildman–Crippen MR) is 81.1 cm³/mol. The van der Waals surface area contributed by atoms with E-state index in [0.717, 1.165) is 11.1 Å². The summed E-state index contributed by atoms with van der Waals surface area (Å²) in [5.74, 6) is 0. The molecule has 0 saturated heterocycles. The van der Waals surface area contributed by atoms with E-state index in [1.54, 1.807) is 12.2 Å². The number of rotatable bonds is 4. The molecule has 0 atom stereocenters. The molecule has 0 bridgehead atoms. The minimum atomic E-state index is -3.43. The average molecular weight is 268 g/mol. The van der Waals surface area contributed by atoms with Crippen LogP contribution in [0.5, 0.6) is 0 Å². The zero-order chi connectivity index (χ0) is 13.6. The van der Waals surface area contributed by atoms with E-state index in [1.165, 1.54) is 11.4 Å². The van der Waals surface area contributed by atoms with Crippen LogP contribution < -0.4 is 0 Å². The highest BCUT2D eigenvalue weighted by Gasteiger charge is 2.20. The molecule has 2 N–H and O–H groups in total. The smallest absolute Gasteiger partial charge is 0.386 e. The van der Waals surface area contributed by atoms with E-state index in [9.17, 15) is 9.59 Å². The molecular weight excluding hydrogens is 252 g/mol. The standard InChI is InChI=1S/C16H16O2Si/c17-19(18,13-11-15-7-3-1-4-8-15)14-12-16-9-5-2-6-10-16/h1-14,17-18H. The summed E-state index contributed by atoms with van der Waals surface area (Å²) in [6, 6.07) is 19.2. The van der Waals surface area contributed by atoms with Crippen molar-refractivity contribution in [2.75, 3.05) is 0 Å². The molecule has 96 valence electrons. The third-order valence-corrected chi connectivity index (χ3v) is 3.96. The van der Waals surface area contributed by atoms with Gasteiger partial charge in [-0.2, -0.15) is 0 Å². The summed E-state index contributed by atoms with van der Waals surface area (Å²) in [5, 5.41) is 0. The van der Waals surface area contributed by atoms with Gasteiger partial charge in [0.25, 0.3) is 0 Å². The van der Waals surface area contributed by atoms with Gasteiger partial charge in [-0.25, -0.2) is 0 Å². The molecule has 0 radical (unpaired) electrons. The van der Waals surface area contributed by atoms with Crippen LogP contribution in [0.2, 0.25) is 0 Å². The van der Waals surface area contributed by atoms with Crippen LogP contribution in [-0.2, 0) is 0 Å². The molecular formula is C16H16O2Si. The van der Waals surface area contributed by atoms with E-state index in [-0.39, 0.29) is 0 Å². The third-order valence-electron chi connectivity index (χ3n) is 2.64. The van der Waals surface area contributed by atoms with E-state index >= 15 is 0 Å². The van der Waals surface area contributed by atoms with Crippen LogP contribution >= 0.6 is 0 Å². The van der Waals surface area contributed by atoms with Crippen molar-refractivity contribution in [3.63, 3.8) is 0 Å². The third kappa shape index (κ3) is 4.67. The average Bonchev–Trinajstić information content (AvgIpc) is 2.46. The Morgan fingerprint density at radius 1 is 0.632 bits per heavy atom. The Morgan fingerprint density at radius 2 is 1.00 bits per heavy atom. The van der Waals surface area contributed by atoms with Gasteiger partial charge in [-0.1, -0.05) is 72.8 Å². The van der Waals surface area contributed by atoms with Crippen LogP contribution in [0.25, 0.3) is 12.2 Å². The highest BCUT2D eigenvalue weighted by molar-refractivity contribution is 6.76. The number of hydrogen-bond acceptors (Lipinski definition) is 2. The summed E-state index contributed by atoms with van der Waals surface area (Å²) in [5.41, 5.74) is 4.88. The lowest BCUT2D eigenvalue weighted by Crippen LogP contribution is -2.29. The Balaban J connectivity index is 2.06. The molecule has 0 aliphatic carbocycles. The summed E-state index contributed by atoms with van der Waals surface area (Å²) in [7, 11) is -3.43. The van der Waals surface area contributed by atoms with E-state index in [2.05, 4.69) is 0 Å². The van der Waals surface area contributed by atoms with Crippen molar-refractivity contribution in [1.82, 2.24) is 0 Å². The van der Waals surface area contributed by atoms with E-state index in [0.29, 0.717) is 0 Å². The van der Waals surface area contributed by atoms with Crippen molar-refractivity contribution >= 4 is 20.7 Å². The van der Waals surface area contributed by atoms with Crippen molar-refractivity contribution in [3.8, 4) is 0 Å². The lowest BCUT2D eigenvalue weighted by Gasteiger charge is -2.07. The normalized spacial score (nSPS) is 12.3. The minimum absolute atomic E-state index is 0.954. The molecule has 0 spiro atoms. The zero-order valence-corrected chi connectivity index (χ0v) is 11.5. The second kappa shape index (κ2) is 6.29. The Kier molecular flexibility index (Phi) is 4.47. The van der Waals surface area contributed by atoms with Crippen molar-refractivity contribution in [2.24, 2.45) is 0 Å². The summed E-state index contributed by atoms with van der Waals surface area (Å²) < 4.78 is 0. The Hall–Kier alpha value is -1.94. The summed E-state index contributed by atoms with van der Waals surface area (Å²) in [6.45, 7) is 0. The molecule has 0 aromatic heterocycles. The maximum Gasteiger partial charge on any atom is 0.386 e. The molecule has 0 amide bonds. The van der Waals surface area contributed by atoms with Gasteiger partial charge in [0, 0.05) is 0 Å². The molecule has 0 saturated carbocycles. The maximum atomic E-state index is 9.96. The van der Waals surface area contributed by atoms with Crippen molar-refractivity contribution in [1.29, 1.82) is 0 Å². The van der Waals surface area contributed by atoms with Gasteiger partial charge in [0.2, 0.25) is 0 Å². The van der Waals surface area contributed by atoms with Gasteiger partial charge in [0.05, 0.1) is 0 Å². The summed E-state index contributed by atoms with van der Waals surface area (Å²) in [4.78, 5) is 19.9. The second-order valence-electron chi connectivity index (χ2n) is 4.27. The van der Waals surface area contributed by atoms with Gasteiger partial charge in [-0.15, -0.1) is 0 Å². The van der Waals surface area contributed by atoms with Crippen molar-refractivity contribution < 1.29 is 9.59 Å². The highest BCUT2D eigenvalue weighted by Crippen LogP contribution is 2.08. The van der Waals surface area contributed by atoms with Crippen LogP contribution in [0, 0.1) is 0 Å². The van der Waals surface area contributed by atoms with Crippen LogP contribution in [-0.4, -0.2) is 18.2 Å². The number of hydrogen-bond donors (Lipinski definition) is 2. The quantitative estimate of drug-likeness (QED) is 0.837. The molecule has 2 nitrogen and oxygen atoms in total. The van der Waals surface area contributed by atoms with Gasteiger partial charge in [0.15, 0.2) is 0 Å². The molecule has 2 aromatic carbocycles. The van der Waals surface area contributed by atoms with Crippen LogP contribution in [0.15, 0.2) is 72.1 Å². The van der Waals surface area contributed by atoms with Crippen LogP contribution in [0.4, 0.5) is 0 Å². The molecule has 0 aliphatic heterocycles. The fourth-order valence-corrected chi connectivity index (χ4v) is 2.61. The lowest BCUT2D eigenvalue weighted by atomic mass is 10.2. The van der Waals surface area contributed by atoms with Crippen LogP contribution in [0.3, 0.4) is 0 Å². The maximum absolute atomic E-state index is 9.96.